The molecule has 0 aliphatic heterocycles. The fraction of sp³-hybridized carbons (Fsp3) is 0. The molecule has 0 aliphatic carbocycles. The summed E-state index contributed by atoms with van der Waals surface area (Å²) in [4.78, 5) is 11.4. The highest BCUT2D eigenvalue weighted by Crippen LogP contribution is 2.33. The summed E-state index contributed by atoms with van der Waals surface area (Å²) in [6.45, 7) is 0. The highest BCUT2D eigenvalue weighted by molar-refractivity contribution is 7.89. The van der Waals surface area contributed by atoms with Gasteiger partial charge < -0.3 is 10.3 Å². The molecule has 5 N–H and O–H groups in total. The predicted molar refractivity (Wildman–Crippen MR) is 100 cm³/mol. The molecule has 0 atom stereocenters. The van der Waals surface area contributed by atoms with Crippen molar-refractivity contribution in [2.75, 3.05) is 5.32 Å². The normalized spacial score (nSPS) is 11.0. The maximum Gasteiger partial charge on any atom is 0.317 e. The number of primary amides is 1. The minimum atomic E-state index is -3.83. The molecule has 27 heavy (non-hydrogen) atoms. The Morgan fingerprint density at radius 1 is 1.07 bits per heavy atom. The van der Waals surface area contributed by atoms with Crippen LogP contribution < -0.4 is 16.2 Å². The van der Waals surface area contributed by atoms with Crippen LogP contribution in [-0.2, 0) is 10.0 Å². The van der Waals surface area contributed by atoms with Gasteiger partial charge in [0.2, 0.25) is 10.0 Å². The van der Waals surface area contributed by atoms with Crippen molar-refractivity contribution in [1.29, 1.82) is 5.26 Å². The third-order valence-electron chi connectivity index (χ3n) is 3.89. The minimum absolute atomic E-state index is 0.0494. The number of rotatable bonds is 4. The third-order valence-corrected chi connectivity index (χ3v) is 4.82. The third kappa shape index (κ3) is 3.67. The number of nitrogens with one attached hydrogen (secondary N) is 1. The molecule has 1 aromatic heterocycles. The Hall–Kier alpha value is -3.61. The summed E-state index contributed by atoms with van der Waals surface area (Å²) in [6, 6.07) is 16.1. The zero-order chi connectivity index (χ0) is 19.6. The number of hydrogen-bond donors (Lipinski definition) is 3. The van der Waals surface area contributed by atoms with E-state index in [4.69, 9.17) is 10.9 Å². The summed E-state index contributed by atoms with van der Waals surface area (Å²) in [6.07, 6.45) is 1.67. The van der Waals surface area contributed by atoms with Gasteiger partial charge in [-0.2, -0.15) is 5.26 Å². The van der Waals surface area contributed by atoms with E-state index in [9.17, 15) is 18.5 Å². The van der Waals surface area contributed by atoms with Crippen LogP contribution in [0.2, 0.25) is 0 Å². The number of sulfonamides is 1. The van der Waals surface area contributed by atoms with E-state index in [0.29, 0.717) is 11.3 Å². The van der Waals surface area contributed by atoms with Crippen molar-refractivity contribution in [1.82, 2.24) is 4.57 Å². The molecule has 0 aliphatic rings. The number of nitrogens with zero attached hydrogens (tertiary/aromatic N) is 2. The van der Waals surface area contributed by atoms with Crippen LogP contribution in [-0.4, -0.2) is 19.0 Å². The van der Waals surface area contributed by atoms with E-state index in [1.807, 2.05) is 30.3 Å². The van der Waals surface area contributed by atoms with Crippen molar-refractivity contribution in [3.8, 4) is 22.9 Å². The number of amides is 2. The van der Waals surface area contributed by atoms with Crippen molar-refractivity contribution in [2.45, 2.75) is 4.90 Å². The SMILES string of the molecule is N#Cc1c(-c2ccccc2)cn(-c2ccc(S(N)(=O)=O)cc2)c1NC(N)=O. The van der Waals surface area contributed by atoms with Gasteiger partial charge in [0.1, 0.15) is 17.5 Å². The highest BCUT2D eigenvalue weighted by Gasteiger charge is 2.19. The van der Waals surface area contributed by atoms with E-state index in [2.05, 4.69) is 11.4 Å². The van der Waals surface area contributed by atoms with E-state index in [1.165, 1.54) is 24.3 Å². The van der Waals surface area contributed by atoms with Gasteiger partial charge in [-0.3, -0.25) is 5.32 Å². The van der Waals surface area contributed by atoms with Gasteiger partial charge in [0.25, 0.3) is 0 Å². The first kappa shape index (κ1) is 18.2. The minimum Gasteiger partial charge on any atom is -0.351 e. The van der Waals surface area contributed by atoms with Crippen LogP contribution in [0.3, 0.4) is 0 Å². The molecule has 9 heteroatoms. The lowest BCUT2D eigenvalue weighted by atomic mass is 10.1. The highest BCUT2D eigenvalue weighted by atomic mass is 32.2. The van der Waals surface area contributed by atoms with Crippen LogP contribution in [0.1, 0.15) is 5.56 Å². The molecule has 3 rings (SSSR count). The molecule has 8 nitrogen and oxygen atoms in total. The van der Waals surface area contributed by atoms with Gasteiger partial charge in [-0.05, 0) is 29.8 Å². The van der Waals surface area contributed by atoms with E-state index in [-0.39, 0.29) is 16.3 Å². The van der Waals surface area contributed by atoms with Crippen LogP contribution in [0.5, 0.6) is 0 Å². The number of urea groups is 1. The van der Waals surface area contributed by atoms with Crippen molar-refractivity contribution >= 4 is 21.9 Å². The van der Waals surface area contributed by atoms with Gasteiger partial charge in [-0.25, -0.2) is 18.4 Å². The average molecular weight is 381 g/mol. The lowest BCUT2D eigenvalue weighted by Crippen LogP contribution is -2.21. The molecule has 0 radical (unpaired) electrons. The van der Waals surface area contributed by atoms with Crippen molar-refractivity contribution < 1.29 is 13.2 Å². The van der Waals surface area contributed by atoms with Gasteiger partial charge in [0.15, 0.2) is 0 Å². The van der Waals surface area contributed by atoms with Crippen LogP contribution in [0.25, 0.3) is 16.8 Å². The lowest BCUT2D eigenvalue weighted by Gasteiger charge is -2.10. The first-order valence-electron chi connectivity index (χ1n) is 7.72. The summed E-state index contributed by atoms with van der Waals surface area (Å²) < 4.78 is 24.4. The fourth-order valence-corrected chi connectivity index (χ4v) is 3.21. The first-order valence-corrected chi connectivity index (χ1v) is 9.26. The van der Waals surface area contributed by atoms with Crippen molar-refractivity contribution in [3.63, 3.8) is 0 Å². The number of benzene rings is 2. The Labute approximate surface area is 155 Å². The second-order valence-corrected chi connectivity index (χ2v) is 7.20. The van der Waals surface area contributed by atoms with Gasteiger partial charge in [-0.1, -0.05) is 30.3 Å². The second-order valence-electron chi connectivity index (χ2n) is 5.64. The zero-order valence-corrected chi connectivity index (χ0v) is 14.8. The van der Waals surface area contributed by atoms with Crippen LogP contribution in [0.15, 0.2) is 65.7 Å². The molecule has 0 unspecified atom stereocenters. The zero-order valence-electron chi connectivity index (χ0n) is 14.0. The number of nitrogens with two attached hydrogens (primary N) is 2. The van der Waals surface area contributed by atoms with E-state index >= 15 is 0 Å². The number of carbonyl (C=O) groups excluding carboxylic acids is 1. The molecule has 0 spiro atoms. The molecule has 0 saturated heterocycles. The predicted octanol–water partition coefficient (Wildman–Crippen LogP) is 2.15. The number of carbonyl (C=O) groups is 1. The van der Waals surface area contributed by atoms with Gasteiger partial charge >= 0.3 is 6.03 Å². The van der Waals surface area contributed by atoms with Gasteiger partial charge in [-0.15, -0.1) is 0 Å². The van der Waals surface area contributed by atoms with Crippen molar-refractivity contribution in [2.24, 2.45) is 10.9 Å². The Balaban J connectivity index is 2.21. The smallest absolute Gasteiger partial charge is 0.317 e. The fourth-order valence-electron chi connectivity index (χ4n) is 2.70. The molecular weight excluding hydrogens is 366 g/mol. The van der Waals surface area contributed by atoms with Crippen LogP contribution >= 0.6 is 0 Å². The van der Waals surface area contributed by atoms with Crippen molar-refractivity contribution in [3.05, 3.63) is 66.4 Å². The molecular formula is C18H15N5O3S. The largest absolute Gasteiger partial charge is 0.351 e. The summed E-state index contributed by atoms with van der Waals surface area (Å²) in [5, 5.41) is 17.2. The molecule has 136 valence electrons. The molecule has 0 saturated carbocycles. The van der Waals surface area contributed by atoms with E-state index in [0.717, 1.165) is 5.56 Å². The summed E-state index contributed by atoms with van der Waals surface area (Å²) in [5.41, 5.74) is 7.38. The average Bonchev–Trinajstić information content (AvgIpc) is 2.99. The van der Waals surface area contributed by atoms with Crippen LogP contribution in [0, 0.1) is 11.3 Å². The van der Waals surface area contributed by atoms with Gasteiger partial charge in [0, 0.05) is 17.4 Å². The van der Waals surface area contributed by atoms with Gasteiger partial charge in [0.05, 0.1) is 4.90 Å². The van der Waals surface area contributed by atoms with E-state index < -0.39 is 16.1 Å². The maximum absolute atomic E-state index is 11.4. The topological polar surface area (TPSA) is 144 Å². The number of primary sulfonamides is 1. The Bertz CT molecular complexity index is 1140. The number of nitriles is 1. The van der Waals surface area contributed by atoms with Crippen LogP contribution in [0.4, 0.5) is 10.6 Å². The Morgan fingerprint density at radius 2 is 1.70 bits per heavy atom. The molecule has 0 fully saturated rings. The first-order chi connectivity index (χ1) is 12.8. The molecule has 1 heterocycles. The quantitative estimate of drug-likeness (QED) is 0.636. The standard InChI is InChI=1S/C18H15N5O3S/c19-10-15-16(12-4-2-1-3-5-12)11-23(17(15)22-18(20)24)13-6-8-14(9-7-13)27(21,25)26/h1-9,11H,(H3,20,22,24)(H2,21,25,26). The summed E-state index contributed by atoms with van der Waals surface area (Å²) in [5.74, 6) is 0.187. The van der Waals surface area contributed by atoms with E-state index in [1.54, 1.807) is 10.8 Å². The number of anilines is 1. The molecule has 0 bridgehead atoms. The lowest BCUT2D eigenvalue weighted by molar-refractivity contribution is 0.259. The summed E-state index contributed by atoms with van der Waals surface area (Å²) in [7, 11) is -3.83. The summed E-state index contributed by atoms with van der Waals surface area (Å²) >= 11 is 0. The number of hydrogen-bond acceptors (Lipinski definition) is 4. The maximum atomic E-state index is 11.4. The molecule has 3 aromatic rings. The Morgan fingerprint density at radius 3 is 2.22 bits per heavy atom. The monoisotopic (exact) mass is 381 g/mol. The molecule has 2 amide bonds. The molecule has 2 aromatic carbocycles. The second kappa shape index (κ2) is 6.95. The number of aromatic nitrogens is 1. The Kier molecular flexibility index (Phi) is 4.68.